The summed E-state index contributed by atoms with van der Waals surface area (Å²) in [6.45, 7) is 1.64. The van der Waals surface area contributed by atoms with Gasteiger partial charge in [0.1, 0.15) is 11.4 Å². The Bertz CT molecular complexity index is 1120. The van der Waals surface area contributed by atoms with Gasteiger partial charge in [-0.3, -0.25) is 9.59 Å². The molecular formula is C21H20N4O3. The van der Waals surface area contributed by atoms with Crippen LogP contribution in [0.3, 0.4) is 0 Å². The molecule has 2 aliphatic rings. The van der Waals surface area contributed by atoms with Crippen LogP contribution in [0.1, 0.15) is 35.1 Å². The summed E-state index contributed by atoms with van der Waals surface area (Å²) in [4.78, 5) is 32.2. The molecule has 0 saturated carbocycles. The van der Waals surface area contributed by atoms with E-state index in [1.54, 1.807) is 24.3 Å². The Kier molecular flexibility index (Phi) is 3.91. The molecule has 1 amide bonds. The number of para-hydroxylation sites is 2. The number of hydrogen-bond donors (Lipinski definition) is 3. The smallest absolute Gasteiger partial charge is 0.287 e. The number of benzene rings is 2. The van der Waals surface area contributed by atoms with Gasteiger partial charge in [0.2, 0.25) is 0 Å². The SMILES string of the molecule is O=C(NC1CC2(CCNC2)Oc2ccccc21)c1nc2ccccc2c(=O)[nH]1. The number of nitrogens with zero attached hydrogens (tertiary/aromatic N) is 1. The van der Waals surface area contributed by atoms with Crippen molar-refractivity contribution in [3.63, 3.8) is 0 Å². The third-order valence-electron chi connectivity index (χ3n) is 5.53. The van der Waals surface area contributed by atoms with Crippen molar-refractivity contribution in [3.8, 4) is 5.75 Å². The Balaban J connectivity index is 1.48. The number of amides is 1. The van der Waals surface area contributed by atoms with Gasteiger partial charge in [-0.25, -0.2) is 4.98 Å². The molecule has 1 spiro atoms. The first-order valence-corrected chi connectivity index (χ1v) is 9.42. The fourth-order valence-corrected chi connectivity index (χ4v) is 4.15. The maximum absolute atomic E-state index is 12.9. The maximum Gasteiger partial charge on any atom is 0.287 e. The number of aromatic nitrogens is 2. The summed E-state index contributed by atoms with van der Waals surface area (Å²) in [6, 6.07) is 14.5. The van der Waals surface area contributed by atoms with Gasteiger partial charge in [-0.15, -0.1) is 0 Å². The van der Waals surface area contributed by atoms with Gasteiger partial charge in [-0.2, -0.15) is 0 Å². The van der Waals surface area contributed by atoms with E-state index in [9.17, 15) is 9.59 Å². The molecule has 0 radical (unpaired) electrons. The molecule has 5 rings (SSSR count). The highest BCUT2D eigenvalue weighted by Gasteiger charge is 2.43. The minimum Gasteiger partial charge on any atom is -0.485 e. The molecule has 7 heteroatoms. The number of H-pyrrole nitrogens is 1. The van der Waals surface area contributed by atoms with E-state index in [2.05, 4.69) is 20.6 Å². The highest BCUT2D eigenvalue weighted by molar-refractivity contribution is 5.92. The summed E-state index contributed by atoms with van der Waals surface area (Å²) in [5.74, 6) is 0.416. The fourth-order valence-electron chi connectivity index (χ4n) is 4.15. The van der Waals surface area contributed by atoms with Crippen LogP contribution in [-0.2, 0) is 0 Å². The summed E-state index contributed by atoms with van der Waals surface area (Å²) in [6.07, 6.45) is 1.55. The third-order valence-corrected chi connectivity index (χ3v) is 5.53. The molecule has 3 heterocycles. The van der Waals surface area contributed by atoms with E-state index in [4.69, 9.17) is 4.74 Å². The van der Waals surface area contributed by atoms with Crippen LogP contribution in [0.5, 0.6) is 5.75 Å². The van der Waals surface area contributed by atoms with Crippen LogP contribution in [0, 0.1) is 0 Å². The predicted octanol–water partition coefficient (Wildman–Crippen LogP) is 1.91. The lowest BCUT2D eigenvalue weighted by atomic mass is 9.86. The van der Waals surface area contributed by atoms with E-state index >= 15 is 0 Å². The zero-order valence-electron chi connectivity index (χ0n) is 15.2. The highest BCUT2D eigenvalue weighted by atomic mass is 16.5. The van der Waals surface area contributed by atoms with Gasteiger partial charge in [0.05, 0.1) is 16.9 Å². The second-order valence-electron chi connectivity index (χ2n) is 7.41. The van der Waals surface area contributed by atoms with E-state index in [0.717, 1.165) is 30.8 Å². The van der Waals surface area contributed by atoms with Gasteiger partial charge in [0, 0.05) is 24.9 Å². The fraction of sp³-hybridized carbons (Fsp3) is 0.286. The van der Waals surface area contributed by atoms with Gasteiger partial charge in [-0.1, -0.05) is 30.3 Å². The van der Waals surface area contributed by atoms with Crippen molar-refractivity contribution in [3.05, 3.63) is 70.3 Å². The first-order chi connectivity index (χ1) is 13.6. The normalized spacial score (nSPS) is 23.4. The van der Waals surface area contributed by atoms with Crippen molar-refractivity contribution in [2.24, 2.45) is 0 Å². The van der Waals surface area contributed by atoms with E-state index in [1.807, 2.05) is 24.3 Å². The molecule has 0 aliphatic carbocycles. The molecule has 3 N–H and O–H groups in total. The lowest BCUT2D eigenvalue weighted by Gasteiger charge is -2.39. The Hall–Kier alpha value is -3.19. The van der Waals surface area contributed by atoms with Crippen LogP contribution >= 0.6 is 0 Å². The average molecular weight is 376 g/mol. The largest absolute Gasteiger partial charge is 0.485 e. The summed E-state index contributed by atoms with van der Waals surface area (Å²) >= 11 is 0. The Morgan fingerprint density at radius 1 is 1.18 bits per heavy atom. The van der Waals surface area contributed by atoms with Gasteiger partial charge in [0.25, 0.3) is 11.5 Å². The number of ether oxygens (including phenoxy) is 1. The van der Waals surface area contributed by atoms with Crippen LogP contribution in [0.2, 0.25) is 0 Å². The second-order valence-corrected chi connectivity index (χ2v) is 7.41. The molecule has 1 fully saturated rings. The van der Waals surface area contributed by atoms with Crippen molar-refractivity contribution in [1.29, 1.82) is 0 Å². The summed E-state index contributed by atoms with van der Waals surface area (Å²) in [7, 11) is 0. The Labute approximate surface area is 161 Å². The number of rotatable bonds is 2. The predicted molar refractivity (Wildman–Crippen MR) is 104 cm³/mol. The minimum atomic E-state index is -0.398. The molecule has 1 aromatic heterocycles. The lowest BCUT2D eigenvalue weighted by Crippen LogP contribution is -2.47. The monoisotopic (exact) mass is 376 g/mol. The summed E-state index contributed by atoms with van der Waals surface area (Å²) < 4.78 is 6.29. The van der Waals surface area contributed by atoms with Gasteiger partial charge in [-0.05, 0) is 24.7 Å². The molecular weight excluding hydrogens is 356 g/mol. The van der Waals surface area contributed by atoms with E-state index < -0.39 is 5.91 Å². The number of hydrogen-bond acceptors (Lipinski definition) is 5. The number of carbonyl (C=O) groups is 1. The maximum atomic E-state index is 12.9. The van der Waals surface area contributed by atoms with Crippen LogP contribution < -0.4 is 20.9 Å². The van der Waals surface area contributed by atoms with Crippen LogP contribution in [0.25, 0.3) is 10.9 Å². The van der Waals surface area contributed by atoms with Crippen molar-refractivity contribution in [2.45, 2.75) is 24.5 Å². The first-order valence-electron chi connectivity index (χ1n) is 9.42. The summed E-state index contributed by atoms with van der Waals surface area (Å²) in [5, 5.41) is 6.87. The van der Waals surface area contributed by atoms with Crippen LogP contribution in [-0.4, -0.2) is 34.6 Å². The third kappa shape index (κ3) is 2.84. The Morgan fingerprint density at radius 2 is 2.00 bits per heavy atom. The van der Waals surface area contributed by atoms with Crippen molar-refractivity contribution >= 4 is 16.8 Å². The molecule has 3 aromatic rings. The van der Waals surface area contributed by atoms with Gasteiger partial charge < -0.3 is 20.4 Å². The number of nitrogens with one attached hydrogen (secondary N) is 3. The number of aromatic amines is 1. The Morgan fingerprint density at radius 3 is 2.86 bits per heavy atom. The van der Waals surface area contributed by atoms with Crippen molar-refractivity contribution in [1.82, 2.24) is 20.6 Å². The quantitative estimate of drug-likeness (QED) is 0.635. The van der Waals surface area contributed by atoms with Crippen LogP contribution in [0.15, 0.2) is 53.3 Å². The number of fused-ring (bicyclic) bond motifs is 2. The molecule has 142 valence electrons. The highest BCUT2D eigenvalue weighted by Crippen LogP contribution is 2.42. The zero-order chi connectivity index (χ0) is 19.1. The molecule has 1 saturated heterocycles. The summed E-state index contributed by atoms with van der Waals surface area (Å²) in [5.41, 5.74) is 0.799. The minimum absolute atomic E-state index is 0.0197. The molecule has 0 bridgehead atoms. The molecule has 2 atom stereocenters. The topological polar surface area (TPSA) is 96.1 Å². The standard InChI is InChI=1S/C21H20N4O3/c26-19-14-6-1-3-7-15(14)23-18(25-19)20(27)24-16-11-21(9-10-22-12-21)28-17-8-4-2-5-13(16)17/h1-8,16,22H,9-12H2,(H,24,27)(H,23,25,26). The number of carbonyl (C=O) groups excluding carboxylic acids is 1. The second kappa shape index (κ2) is 6.45. The van der Waals surface area contributed by atoms with E-state index in [1.165, 1.54) is 0 Å². The first kappa shape index (κ1) is 16.9. The van der Waals surface area contributed by atoms with Crippen molar-refractivity contribution < 1.29 is 9.53 Å². The molecule has 2 aliphatic heterocycles. The van der Waals surface area contributed by atoms with Gasteiger partial charge >= 0.3 is 0 Å². The molecule has 28 heavy (non-hydrogen) atoms. The van der Waals surface area contributed by atoms with E-state index in [-0.39, 0.29) is 23.0 Å². The molecule has 2 aromatic carbocycles. The van der Waals surface area contributed by atoms with Crippen molar-refractivity contribution in [2.75, 3.05) is 13.1 Å². The van der Waals surface area contributed by atoms with Crippen LogP contribution in [0.4, 0.5) is 0 Å². The van der Waals surface area contributed by atoms with Gasteiger partial charge in [0.15, 0.2) is 5.82 Å². The zero-order valence-corrected chi connectivity index (χ0v) is 15.2. The molecule has 2 unspecified atom stereocenters. The molecule has 7 nitrogen and oxygen atoms in total. The average Bonchev–Trinajstić information content (AvgIpc) is 3.15. The van der Waals surface area contributed by atoms with E-state index in [0.29, 0.717) is 17.3 Å². The lowest BCUT2D eigenvalue weighted by molar-refractivity contribution is 0.0472.